The molecular formula is C14H19NS. The Morgan fingerprint density at radius 3 is 2.50 bits per heavy atom. The highest BCUT2D eigenvalue weighted by Gasteiger charge is 2.39. The van der Waals surface area contributed by atoms with E-state index in [-0.39, 0.29) is 0 Å². The number of nitrogens with one attached hydrogen (secondary N) is 1. The summed E-state index contributed by atoms with van der Waals surface area (Å²) in [5, 5.41) is 3.71. The van der Waals surface area contributed by atoms with Gasteiger partial charge in [0.05, 0.1) is 0 Å². The van der Waals surface area contributed by atoms with Crippen LogP contribution in [0, 0.1) is 11.8 Å². The van der Waals surface area contributed by atoms with Crippen LogP contribution in [0.2, 0.25) is 0 Å². The average molecular weight is 233 g/mol. The molecule has 3 unspecified atom stereocenters. The zero-order valence-electron chi connectivity index (χ0n) is 9.78. The summed E-state index contributed by atoms with van der Waals surface area (Å²) in [6, 6.07) is 9.61. The van der Waals surface area contributed by atoms with Crippen LogP contribution in [-0.4, -0.2) is 12.3 Å². The second-order valence-electron chi connectivity index (χ2n) is 5.15. The molecule has 2 fully saturated rings. The molecule has 2 heteroatoms. The van der Waals surface area contributed by atoms with Gasteiger partial charge >= 0.3 is 0 Å². The lowest BCUT2D eigenvalue weighted by Crippen LogP contribution is -2.25. The molecule has 0 aliphatic heterocycles. The van der Waals surface area contributed by atoms with Gasteiger partial charge in [0.2, 0.25) is 0 Å². The van der Waals surface area contributed by atoms with E-state index in [9.17, 15) is 0 Å². The zero-order valence-corrected chi connectivity index (χ0v) is 10.6. The van der Waals surface area contributed by atoms with Crippen LogP contribution in [0.5, 0.6) is 0 Å². The summed E-state index contributed by atoms with van der Waals surface area (Å²) in [6.07, 6.45) is 7.92. The molecule has 1 N–H and O–H groups in total. The molecule has 86 valence electrons. The molecule has 1 aromatic rings. The van der Waals surface area contributed by atoms with Crippen molar-refractivity contribution in [2.24, 2.45) is 11.8 Å². The van der Waals surface area contributed by atoms with Crippen LogP contribution in [0.25, 0.3) is 0 Å². The van der Waals surface area contributed by atoms with Gasteiger partial charge in [0, 0.05) is 16.6 Å². The number of thioether (sulfide) groups is 1. The first-order valence-electron chi connectivity index (χ1n) is 6.26. The molecule has 0 heterocycles. The standard InChI is InChI=1S/C14H19NS/c1-16-13-6-4-12(5-7-13)15-14-9-10-2-3-11(14)8-10/h4-7,10-11,14-15H,2-3,8-9H2,1H3. The maximum absolute atomic E-state index is 3.71. The molecule has 0 aromatic heterocycles. The minimum Gasteiger partial charge on any atom is -0.382 e. The van der Waals surface area contributed by atoms with Crippen molar-refractivity contribution in [2.45, 2.75) is 36.6 Å². The number of anilines is 1. The van der Waals surface area contributed by atoms with Gasteiger partial charge in [0.25, 0.3) is 0 Å². The van der Waals surface area contributed by atoms with Crippen molar-refractivity contribution in [1.82, 2.24) is 0 Å². The van der Waals surface area contributed by atoms with E-state index in [0.717, 1.165) is 17.9 Å². The van der Waals surface area contributed by atoms with Crippen molar-refractivity contribution in [3.05, 3.63) is 24.3 Å². The molecule has 16 heavy (non-hydrogen) atoms. The summed E-state index contributed by atoms with van der Waals surface area (Å²) in [5.74, 6) is 1.97. The molecule has 0 spiro atoms. The SMILES string of the molecule is CSc1ccc(NC2CC3CCC2C3)cc1. The number of benzene rings is 1. The highest BCUT2D eigenvalue weighted by Crippen LogP contribution is 2.45. The van der Waals surface area contributed by atoms with E-state index < -0.39 is 0 Å². The summed E-state index contributed by atoms with van der Waals surface area (Å²) in [5.41, 5.74) is 1.30. The fourth-order valence-corrected chi connectivity index (χ4v) is 3.73. The van der Waals surface area contributed by atoms with E-state index in [0.29, 0.717) is 0 Å². The Morgan fingerprint density at radius 1 is 1.12 bits per heavy atom. The van der Waals surface area contributed by atoms with Gasteiger partial charge in [-0.3, -0.25) is 0 Å². The van der Waals surface area contributed by atoms with Gasteiger partial charge < -0.3 is 5.32 Å². The molecule has 2 aliphatic rings. The largest absolute Gasteiger partial charge is 0.382 e. The van der Waals surface area contributed by atoms with Gasteiger partial charge in [0.1, 0.15) is 0 Å². The Morgan fingerprint density at radius 2 is 1.94 bits per heavy atom. The Hall–Kier alpha value is -0.630. The quantitative estimate of drug-likeness (QED) is 0.792. The number of hydrogen-bond donors (Lipinski definition) is 1. The minimum atomic E-state index is 0.749. The van der Waals surface area contributed by atoms with E-state index in [1.54, 1.807) is 11.8 Å². The van der Waals surface area contributed by atoms with Crippen LogP contribution in [0.1, 0.15) is 25.7 Å². The summed E-state index contributed by atoms with van der Waals surface area (Å²) in [4.78, 5) is 1.35. The van der Waals surface area contributed by atoms with Crippen LogP contribution in [0.3, 0.4) is 0 Å². The normalized spacial score (nSPS) is 31.9. The van der Waals surface area contributed by atoms with E-state index in [4.69, 9.17) is 0 Å². The molecule has 3 atom stereocenters. The van der Waals surface area contributed by atoms with Gasteiger partial charge in [-0.1, -0.05) is 6.42 Å². The third-order valence-electron chi connectivity index (χ3n) is 4.18. The van der Waals surface area contributed by atoms with Crippen LogP contribution in [0.15, 0.2) is 29.2 Å². The van der Waals surface area contributed by atoms with Crippen molar-refractivity contribution in [3.8, 4) is 0 Å². The Balaban J connectivity index is 1.65. The van der Waals surface area contributed by atoms with E-state index in [2.05, 4.69) is 35.8 Å². The lowest BCUT2D eigenvalue weighted by Gasteiger charge is -2.24. The molecule has 0 amide bonds. The predicted molar refractivity (Wildman–Crippen MR) is 71.1 cm³/mol. The lowest BCUT2D eigenvalue weighted by molar-refractivity contribution is 0.440. The van der Waals surface area contributed by atoms with Crippen LogP contribution >= 0.6 is 11.8 Å². The van der Waals surface area contributed by atoms with Gasteiger partial charge in [-0.25, -0.2) is 0 Å². The van der Waals surface area contributed by atoms with Gasteiger partial charge in [-0.15, -0.1) is 11.8 Å². The third kappa shape index (κ3) is 1.95. The van der Waals surface area contributed by atoms with Crippen molar-refractivity contribution in [1.29, 1.82) is 0 Å². The zero-order chi connectivity index (χ0) is 11.0. The van der Waals surface area contributed by atoms with Gasteiger partial charge in [-0.05, 0) is 61.6 Å². The molecule has 2 saturated carbocycles. The Kier molecular flexibility index (Phi) is 2.84. The van der Waals surface area contributed by atoms with Crippen LogP contribution < -0.4 is 5.32 Å². The van der Waals surface area contributed by atoms with Gasteiger partial charge in [0.15, 0.2) is 0 Å². The van der Waals surface area contributed by atoms with Gasteiger partial charge in [-0.2, -0.15) is 0 Å². The monoisotopic (exact) mass is 233 g/mol. The van der Waals surface area contributed by atoms with E-state index in [1.807, 2.05) is 0 Å². The summed E-state index contributed by atoms with van der Waals surface area (Å²) >= 11 is 1.80. The molecular weight excluding hydrogens is 214 g/mol. The second-order valence-corrected chi connectivity index (χ2v) is 6.03. The predicted octanol–water partition coefficient (Wildman–Crippen LogP) is 4.01. The summed E-state index contributed by atoms with van der Waals surface area (Å²) in [6.45, 7) is 0. The first kappa shape index (κ1) is 10.5. The first-order chi connectivity index (χ1) is 7.85. The van der Waals surface area contributed by atoms with E-state index >= 15 is 0 Å². The lowest BCUT2D eigenvalue weighted by atomic mass is 9.95. The van der Waals surface area contributed by atoms with Crippen molar-refractivity contribution < 1.29 is 0 Å². The molecule has 0 radical (unpaired) electrons. The van der Waals surface area contributed by atoms with Crippen molar-refractivity contribution in [3.63, 3.8) is 0 Å². The highest BCUT2D eigenvalue weighted by atomic mass is 32.2. The van der Waals surface area contributed by atoms with Crippen LogP contribution in [0.4, 0.5) is 5.69 Å². The smallest absolute Gasteiger partial charge is 0.0343 e. The fraction of sp³-hybridized carbons (Fsp3) is 0.571. The molecule has 2 bridgehead atoms. The van der Waals surface area contributed by atoms with E-state index in [1.165, 1.54) is 36.3 Å². The van der Waals surface area contributed by atoms with Crippen molar-refractivity contribution >= 4 is 17.4 Å². The molecule has 2 aliphatic carbocycles. The molecule has 3 rings (SSSR count). The molecule has 1 aromatic carbocycles. The maximum atomic E-state index is 3.71. The van der Waals surface area contributed by atoms with Crippen molar-refractivity contribution in [2.75, 3.05) is 11.6 Å². The first-order valence-corrected chi connectivity index (χ1v) is 7.48. The second kappa shape index (κ2) is 4.33. The number of fused-ring (bicyclic) bond motifs is 2. The fourth-order valence-electron chi connectivity index (χ4n) is 3.32. The van der Waals surface area contributed by atoms with Crippen LogP contribution in [-0.2, 0) is 0 Å². The topological polar surface area (TPSA) is 12.0 Å². The Labute approximate surface area is 102 Å². The number of hydrogen-bond acceptors (Lipinski definition) is 2. The third-order valence-corrected chi connectivity index (χ3v) is 4.92. The summed E-state index contributed by atoms with van der Waals surface area (Å²) in [7, 11) is 0. The average Bonchev–Trinajstić information content (AvgIpc) is 2.92. The number of rotatable bonds is 3. The minimum absolute atomic E-state index is 0.749. The highest BCUT2D eigenvalue weighted by molar-refractivity contribution is 7.98. The molecule has 1 nitrogen and oxygen atoms in total. The summed E-state index contributed by atoms with van der Waals surface area (Å²) < 4.78 is 0. The maximum Gasteiger partial charge on any atom is 0.0343 e. The Bertz CT molecular complexity index is 360. The molecule has 0 saturated heterocycles.